The number of fused-ring (bicyclic) bond motifs is 4. The molecule has 21 heavy (non-hydrogen) atoms. The Morgan fingerprint density at radius 2 is 2.19 bits per heavy atom. The number of carbonyl (C=O) groups excluding carboxylic acids is 1. The summed E-state index contributed by atoms with van der Waals surface area (Å²) in [5.41, 5.74) is 10.0. The van der Waals surface area contributed by atoms with Gasteiger partial charge in [-0.25, -0.2) is 9.79 Å². The lowest BCUT2D eigenvalue weighted by Gasteiger charge is -2.38. The van der Waals surface area contributed by atoms with Crippen molar-refractivity contribution in [3.63, 3.8) is 0 Å². The maximum Gasteiger partial charge on any atom is 0.135 e. The molecule has 2 atom stereocenters. The van der Waals surface area contributed by atoms with E-state index in [1.807, 2.05) is 24.3 Å². The van der Waals surface area contributed by atoms with Gasteiger partial charge in [-0.1, -0.05) is 18.2 Å². The number of nitrogens with zero attached hydrogens (tertiary/aromatic N) is 2. The van der Waals surface area contributed by atoms with Gasteiger partial charge in [0.05, 0.1) is 11.4 Å². The number of nitrogens with two attached hydrogens (primary N) is 1. The summed E-state index contributed by atoms with van der Waals surface area (Å²) in [6.45, 7) is 0. The molecule has 2 N–H and O–H groups in total. The summed E-state index contributed by atoms with van der Waals surface area (Å²) in [5, 5.41) is 0. The summed E-state index contributed by atoms with van der Waals surface area (Å²) < 4.78 is 0. The lowest BCUT2D eigenvalue weighted by molar-refractivity contribution is 0.433. The molecule has 0 radical (unpaired) electrons. The van der Waals surface area contributed by atoms with E-state index < -0.39 is 5.54 Å². The lowest BCUT2D eigenvalue weighted by atomic mass is 9.70. The fourth-order valence-electron chi connectivity index (χ4n) is 3.50. The van der Waals surface area contributed by atoms with E-state index in [1.165, 1.54) is 0 Å². The lowest BCUT2D eigenvalue weighted by Crippen LogP contribution is -2.47. The molecule has 104 valence electrons. The molecule has 0 bridgehead atoms. The van der Waals surface area contributed by atoms with Crippen molar-refractivity contribution in [2.24, 2.45) is 15.7 Å². The molecule has 1 aliphatic carbocycles. The highest BCUT2D eigenvalue weighted by Gasteiger charge is 2.47. The Labute approximate surface area is 122 Å². The summed E-state index contributed by atoms with van der Waals surface area (Å²) >= 11 is 0. The van der Waals surface area contributed by atoms with Crippen LogP contribution >= 0.6 is 0 Å². The first-order valence-electron chi connectivity index (χ1n) is 7.19. The van der Waals surface area contributed by atoms with Crippen molar-refractivity contribution in [3.05, 3.63) is 41.5 Å². The van der Waals surface area contributed by atoms with Crippen LogP contribution in [0.3, 0.4) is 0 Å². The summed E-state index contributed by atoms with van der Waals surface area (Å²) in [4.78, 5) is 20.9. The number of aliphatic imine (C=N–C) groups is 2. The summed E-state index contributed by atoms with van der Waals surface area (Å²) in [6, 6.07) is 8.05. The smallest absolute Gasteiger partial charge is 0.135 e. The minimum atomic E-state index is -0.652. The van der Waals surface area contributed by atoms with Crippen LogP contribution in [-0.4, -0.2) is 29.4 Å². The number of dihydropyridines is 1. The van der Waals surface area contributed by atoms with Crippen molar-refractivity contribution >= 4 is 29.1 Å². The molecule has 1 fully saturated rings. The summed E-state index contributed by atoms with van der Waals surface area (Å²) in [6.07, 6.45) is 5.88. The van der Waals surface area contributed by atoms with E-state index in [1.54, 1.807) is 6.21 Å². The van der Waals surface area contributed by atoms with Gasteiger partial charge in [-0.15, -0.1) is 0 Å². The van der Waals surface area contributed by atoms with E-state index in [-0.39, 0.29) is 6.04 Å². The number of benzene rings is 1. The van der Waals surface area contributed by atoms with Gasteiger partial charge in [-0.3, -0.25) is 4.99 Å². The third kappa shape index (κ3) is 1.63. The molecular weight excluding hydrogens is 262 g/mol. The number of allylic oxidation sites excluding steroid dienone is 1. The first kappa shape index (κ1) is 12.5. The highest BCUT2D eigenvalue weighted by Crippen LogP contribution is 2.46. The molecule has 1 aromatic carbocycles. The normalized spacial score (nSPS) is 29.6. The van der Waals surface area contributed by atoms with E-state index in [9.17, 15) is 4.79 Å². The van der Waals surface area contributed by atoms with Crippen molar-refractivity contribution < 1.29 is 4.79 Å². The van der Waals surface area contributed by atoms with Gasteiger partial charge in [0.1, 0.15) is 11.5 Å². The molecule has 1 spiro atoms. The molecule has 2 unspecified atom stereocenters. The molecule has 2 heterocycles. The number of para-hydroxylation sites is 1. The van der Waals surface area contributed by atoms with Crippen LogP contribution in [0.2, 0.25) is 0 Å². The van der Waals surface area contributed by atoms with E-state index >= 15 is 0 Å². The monoisotopic (exact) mass is 277 g/mol. The average Bonchev–Trinajstić information content (AvgIpc) is 2.90. The SMILES string of the molecule is NC1CCC2(N=CC=C3C2=Nc2ccccc23)C(=C=O)C1. The molecule has 4 nitrogen and oxygen atoms in total. The zero-order valence-corrected chi connectivity index (χ0v) is 11.5. The van der Waals surface area contributed by atoms with Crippen molar-refractivity contribution in [1.29, 1.82) is 0 Å². The number of hydrogen-bond acceptors (Lipinski definition) is 4. The van der Waals surface area contributed by atoms with E-state index in [0.29, 0.717) is 12.0 Å². The average molecular weight is 277 g/mol. The molecule has 4 rings (SSSR count). The second kappa shape index (κ2) is 4.35. The molecule has 3 aliphatic rings. The highest BCUT2D eigenvalue weighted by atomic mass is 16.1. The van der Waals surface area contributed by atoms with Gasteiger partial charge in [-0.2, -0.15) is 0 Å². The van der Waals surface area contributed by atoms with Gasteiger partial charge in [0.25, 0.3) is 0 Å². The predicted octanol–water partition coefficient (Wildman–Crippen LogP) is 2.25. The fraction of sp³-hybridized carbons (Fsp3) is 0.294. The molecule has 4 heteroatoms. The van der Waals surface area contributed by atoms with Gasteiger partial charge in [0.2, 0.25) is 0 Å². The second-order valence-corrected chi connectivity index (χ2v) is 5.78. The van der Waals surface area contributed by atoms with Crippen molar-refractivity contribution in [2.75, 3.05) is 0 Å². The van der Waals surface area contributed by atoms with Gasteiger partial charge < -0.3 is 5.73 Å². The first-order chi connectivity index (χ1) is 10.2. The quantitative estimate of drug-likeness (QED) is 0.739. The van der Waals surface area contributed by atoms with Crippen LogP contribution in [0.15, 0.2) is 45.9 Å². The molecule has 0 amide bonds. The van der Waals surface area contributed by atoms with Crippen molar-refractivity contribution in [3.8, 4) is 0 Å². The molecule has 1 saturated carbocycles. The fourth-order valence-corrected chi connectivity index (χ4v) is 3.50. The first-order valence-corrected chi connectivity index (χ1v) is 7.19. The largest absolute Gasteiger partial charge is 0.327 e. The Balaban J connectivity index is 1.89. The summed E-state index contributed by atoms with van der Waals surface area (Å²) in [7, 11) is 0. The molecule has 0 saturated heterocycles. The maximum absolute atomic E-state index is 11.5. The zero-order valence-electron chi connectivity index (χ0n) is 11.5. The Morgan fingerprint density at radius 3 is 3.05 bits per heavy atom. The predicted molar refractivity (Wildman–Crippen MR) is 83.8 cm³/mol. The third-order valence-corrected chi connectivity index (χ3v) is 4.58. The Kier molecular flexibility index (Phi) is 2.58. The van der Waals surface area contributed by atoms with Crippen molar-refractivity contribution in [1.82, 2.24) is 0 Å². The molecule has 1 aromatic rings. The minimum absolute atomic E-state index is 0.0148. The number of rotatable bonds is 0. The van der Waals surface area contributed by atoms with Crippen LogP contribution in [0.5, 0.6) is 0 Å². The Bertz CT molecular complexity index is 768. The molecule has 2 aliphatic heterocycles. The zero-order chi connectivity index (χ0) is 14.4. The van der Waals surface area contributed by atoms with Crippen LogP contribution in [0, 0.1) is 0 Å². The van der Waals surface area contributed by atoms with Crippen LogP contribution in [0.25, 0.3) is 5.57 Å². The number of hydrogen-bond donors (Lipinski definition) is 1. The Hall–Kier alpha value is -2.29. The van der Waals surface area contributed by atoms with E-state index in [4.69, 9.17) is 10.7 Å². The van der Waals surface area contributed by atoms with E-state index in [2.05, 4.69) is 17.0 Å². The second-order valence-electron chi connectivity index (χ2n) is 5.78. The summed E-state index contributed by atoms with van der Waals surface area (Å²) in [5.74, 6) is 2.10. The Morgan fingerprint density at radius 1 is 1.33 bits per heavy atom. The van der Waals surface area contributed by atoms with Gasteiger partial charge in [-0.05, 0) is 31.4 Å². The van der Waals surface area contributed by atoms with Crippen LogP contribution < -0.4 is 5.73 Å². The van der Waals surface area contributed by atoms with E-state index in [0.717, 1.165) is 35.4 Å². The van der Waals surface area contributed by atoms with Crippen LogP contribution in [0.1, 0.15) is 24.8 Å². The molecular formula is C17H15N3O. The standard InChI is InChI=1S/C17H15N3O/c18-12-5-7-17(11(9-12)10-21)16-14(6-8-19-17)13-3-1-2-4-15(13)20-16/h1-4,6,8,12H,5,7,9,18H2. The van der Waals surface area contributed by atoms with Crippen molar-refractivity contribution in [2.45, 2.75) is 30.8 Å². The molecule has 0 aromatic heterocycles. The highest BCUT2D eigenvalue weighted by molar-refractivity contribution is 6.37. The third-order valence-electron chi connectivity index (χ3n) is 4.58. The van der Waals surface area contributed by atoms with Crippen LogP contribution in [0.4, 0.5) is 5.69 Å². The van der Waals surface area contributed by atoms with Gasteiger partial charge in [0.15, 0.2) is 0 Å². The van der Waals surface area contributed by atoms with Gasteiger partial charge >= 0.3 is 0 Å². The topological polar surface area (TPSA) is 67.8 Å². The van der Waals surface area contributed by atoms with Crippen LogP contribution in [-0.2, 0) is 4.79 Å². The maximum atomic E-state index is 11.5. The van der Waals surface area contributed by atoms with Gasteiger partial charge in [0, 0.05) is 29.0 Å². The minimum Gasteiger partial charge on any atom is -0.327 e.